The van der Waals surface area contributed by atoms with Gasteiger partial charge in [-0.3, -0.25) is 9.79 Å². The van der Waals surface area contributed by atoms with Gasteiger partial charge in [0.15, 0.2) is 0 Å². The van der Waals surface area contributed by atoms with Crippen molar-refractivity contribution in [2.75, 3.05) is 6.61 Å². The minimum atomic E-state index is -0.466. The Morgan fingerprint density at radius 2 is 1.76 bits per heavy atom. The molecular formula is C25H18Cl2N2O4. The van der Waals surface area contributed by atoms with Crippen LogP contribution in [-0.4, -0.2) is 28.5 Å². The average Bonchev–Trinajstić information content (AvgIpc) is 2.81. The van der Waals surface area contributed by atoms with Crippen LogP contribution in [0.25, 0.3) is 16.5 Å². The Labute approximate surface area is 199 Å². The lowest BCUT2D eigenvalue weighted by Gasteiger charge is -2.14. The van der Waals surface area contributed by atoms with E-state index in [0.29, 0.717) is 43.3 Å². The Balaban J connectivity index is 1.87. The van der Waals surface area contributed by atoms with Gasteiger partial charge in [-0.25, -0.2) is 9.36 Å². The molecule has 33 heavy (non-hydrogen) atoms. The van der Waals surface area contributed by atoms with Crippen molar-refractivity contribution in [1.29, 1.82) is 0 Å². The number of carbonyl (C=O) groups excluding carboxylic acids is 1. The Bertz CT molecular complexity index is 1440. The average molecular weight is 481 g/mol. The number of ether oxygens (including phenoxy) is 1. The molecule has 0 aliphatic heterocycles. The summed E-state index contributed by atoms with van der Waals surface area (Å²) in [5, 5.41) is 12.9. The minimum Gasteiger partial charge on any atom is -0.494 e. The van der Waals surface area contributed by atoms with E-state index in [2.05, 4.69) is 4.99 Å². The Kier molecular flexibility index (Phi) is 6.49. The minimum absolute atomic E-state index is 0.256. The Morgan fingerprint density at radius 1 is 1.06 bits per heavy atom. The largest absolute Gasteiger partial charge is 0.494 e. The number of benzene rings is 3. The molecule has 0 aliphatic rings. The number of carbonyl (C=O) groups is 1. The highest BCUT2D eigenvalue weighted by Crippen LogP contribution is 2.30. The summed E-state index contributed by atoms with van der Waals surface area (Å²) in [5.74, 6) is -0.761. The normalized spacial score (nSPS) is 11.2. The molecule has 4 rings (SSSR count). The highest BCUT2D eigenvalue weighted by molar-refractivity contribution is 6.36. The third-order valence-electron chi connectivity index (χ3n) is 4.98. The number of pyridine rings is 1. The Hall–Kier alpha value is -3.61. The second kappa shape index (κ2) is 9.48. The van der Waals surface area contributed by atoms with Crippen molar-refractivity contribution in [3.63, 3.8) is 0 Å². The first-order valence-electron chi connectivity index (χ1n) is 10.0. The number of hydrogen-bond donors (Lipinski definition) is 1. The molecule has 0 saturated carbocycles. The first kappa shape index (κ1) is 22.6. The van der Waals surface area contributed by atoms with Crippen LogP contribution in [0.5, 0.6) is 5.88 Å². The summed E-state index contributed by atoms with van der Waals surface area (Å²) in [4.78, 5) is 29.6. The molecule has 166 valence electrons. The molecule has 0 radical (unpaired) electrons. The van der Waals surface area contributed by atoms with Crippen molar-refractivity contribution in [2.45, 2.75) is 6.92 Å². The van der Waals surface area contributed by atoms with Crippen LogP contribution in [-0.2, 0) is 4.74 Å². The van der Waals surface area contributed by atoms with Crippen molar-refractivity contribution in [3.8, 4) is 11.6 Å². The van der Waals surface area contributed by atoms with Crippen molar-refractivity contribution in [1.82, 2.24) is 4.57 Å². The molecule has 0 aliphatic carbocycles. The predicted octanol–water partition coefficient (Wildman–Crippen LogP) is 5.93. The Morgan fingerprint density at radius 3 is 2.42 bits per heavy atom. The topological polar surface area (TPSA) is 80.9 Å². The summed E-state index contributed by atoms with van der Waals surface area (Å²) >= 11 is 12.2. The lowest BCUT2D eigenvalue weighted by atomic mass is 10.1. The molecule has 1 heterocycles. The van der Waals surface area contributed by atoms with Gasteiger partial charge in [0.2, 0.25) is 5.88 Å². The van der Waals surface area contributed by atoms with E-state index in [1.165, 1.54) is 22.9 Å². The van der Waals surface area contributed by atoms with Crippen LogP contribution in [0.2, 0.25) is 10.0 Å². The second-order valence-electron chi connectivity index (χ2n) is 7.04. The van der Waals surface area contributed by atoms with E-state index in [-0.39, 0.29) is 12.5 Å². The number of esters is 1. The summed E-state index contributed by atoms with van der Waals surface area (Å²) in [7, 11) is 0. The van der Waals surface area contributed by atoms with Crippen LogP contribution in [0.1, 0.15) is 22.8 Å². The number of aromatic nitrogens is 1. The number of fused-ring (bicyclic) bond motifs is 1. The molecule has 0 amide bonds. The summed E-state index contributed by atoms with van der Waals surface area (Å²) in [6.07, 6.45) is 1.45. The van der Waals surface area contributed by atoms with E-state index in [9.17, 15) is 14.7 Å². The number of rotatable bonds is 5. The SMILES string of the molecule is CCOC(=O)c1ccc(-n2c(O)c(C=Nc3ccc(Cl)cc3Cl)c3ccccc3c2=O)cc1. The van der Waals surface area contributed by atoms with Crippen molar-refractivity contribution < 1.29 is 14.6 Å². The van der Waals surface area contributed by atoms with E-state index in [0.717, 1.165) is 0 Å². The quantitative estimate of drug-likeness (QED) is 0.283. The molecule has 0 fully saturated rings. The van der Waals surface area contributed by atoms with Crippen LogP contribution in [0.3, 0.4) is 0 Å². The molecule has 3 aromatic carbocycles. The third kappa shape index (κ3) is 4.49. The molecule has 0 atom stereocenters. The molecule has 4 aromatic rings. The van der Waals surface area contributed by atoms with Gasteiger partial charge in [0.25, 0.3) is 5.56 Å². The first-order valence-corrected chi connectivity index (χ1v) is 10.8. The lowest BCUT2D eigenvalue weighted by molar-refractivity contribution is 0.0526. The summed E-state index contributed by atoms with van der Waals surface area (Å²) < 4.78 is 6.16. The number of aliphatic imine (C=N–C) groups is 1. The number of aromatic hydroxyl groups is 1. The van der Waals surface area contributed by atoms with Gasteiger partial charge in [-0.05, 0) is 55.5 Å². The third-order valence-corrected chi connectivity index (χ3v) is 5.52. The fourth-order valence-electron chi connectivity index (χ4n) is 3.41. The van der Waals surface area contributed by atoms with Crippen molar-refractivity contribution in [3.05, 3.63) is 98.3 Å². The molecule has 0 spiro atoms. The zero-order valence-electron chi connectivity index (χ0n) is 17.5. The monoisotopic (exact) mass is 480 g/mol. The van der Waals surface area contributed by atoms with Crippen LogP contribution in [0.4, 0.5) is 5.69 Å². The maximum atomic E-state index is 13.2. The van der Waals surface area contributed by atoms with Crippen molar-refractivity contribution in [2.24, 2.45) is 4.99 Å². The molecule has 0 saturated heterocycles. The van der Waals surface area contributed by atoms with E-state index >= 15 is 0 Å². The van der Waals surface area contributed by atoms with Crippen LogP contribution >= 0.6 is 23.2 Å². The van der Waals surface area contributed by atoms with Gasteiger partial charge < -0.3 is 9.84 Å². The molecule has 1 aromatic heterocycles. The zero-order valence-corrected chi connectivity index (χ0v) is 19.0. The predicted molar refractivity (Wildman–Crippen MR) is 131 cm³/mol. The number of nitrogens with zero attached hydrogens (tertiary/aromatic N) is 2. The van der Waals surface area contributed by atoms with Gasteiger partial charge in [-0.1, -0.05) is 41.4 Å². The van der Waals surface area contributed by atoms with Gasteiger partial charge in [0, 0.05) is 22.0 Å². The van der Waals surface area contributed by atoms with Gasteiger partial charge in [-0.2, -0.15) is 0 Å². The second-order valence-corrected chi connectivity index (χ2v) is 7.89. The first-order chi connectivity index (χ1) is 15.9. The number of halogens is 2. The standard InChI is InChI=1S/C25H18Cl2N2O4/c1-2-33-25(32)15-7-10-17(11-8-15)29-23(30)19-6-4-3-5-18(19)20(24(29)31)14-28-22-12-9-16(26)13-21(22)27/h3-14,31H,2H2,1H3. The maximum absolute atomic E-state index is 13.2. The van der Waals surface area contributed by atoms with Gasteiger partial charge in [-0.15, -0.1) is 0 Å². The zero-order chi connectivity index (χ0) is 23.5. The maximum Gasteiger partial charge on any atom is 0.338 e. The lowest BCUT2D eigenvalue weighted by Crippen LogP contribution is -2.20. The van der Waals surface area contributed by atoms with Crippen molar-refractivity contribution >= 4 is 51.8 Å². The van der Waals surface area contributed by atoms with E-state index in [1.807, 2.05) is 0 Å². The molecule has 1 N–H and O–H groups in total. The van der Waals surface area contributed by atoms with Gasteiger partial charge in [0.1, 0.15) is 0 Å². The fourth-order valence-corrected chi connectivity index (χ4v) is 3.87. The van der Waals surface area contributed by atoms with Gasteiger partial charge >= 0.3 is 5.97 Å². The highest BCUT2D eigenvalue weighted by Gasteiger charge is 2.17. The summed E-state index contributed by atoms with van der Waals surface area (Å²) in [6.45, 7) is 1.98. The van der Waals surface area contributed by atoms with Crippen LogP contribution < -0.4 is 5.56 Å². The molecule has 8 heteroatoms. The van der Waals surface area contributed by atoms with E-state index in [1.54, 1.807) is 61.5 Å². The van der Waals surface area contributed by atoms with E-state index < -0.39 is 11.5 Å². The fraction of sp³-hybridized carbons (Fsp3) is 0.0800. The molecular weight excluding hydrogens is 463 g/mol. The van der Waals surface area contributed by atoms with Crippen LogP contribution in [0.15, 0.2) is 76.5 Å². The highest BCUT2D eigenvalue weighted by atomic mass is 35.5. The van der Waals surface area contributed by atoms with Gasteiger partial charge in [0.05, 0.1) is 34.1 Å². The number of hydrogen-bond acceptors (Lipinski definition) is 5. The molecule has 0 bridgehead atoms. The molecule has 0 unspecified atom stereocenters. The molecule has 6 nitrogen and oxygen atoms in total. The van der Waals surface area contributed by atoms with E-state index in [4.69, 9.17) is 27.9 Å². The smallest absolute Gasteiger partial charge is 0.338 e. The van der Waals surface area contributed by atoms with Crippen LogP contribution in [0, 0.1) is 0 Å². The summed E-state index contributed by atoms with van der Waals surface area (Å²) in [6, 6.07) is 18.0. The summed E-state index contributed by atoms with van der Waals surface area (Å²) in [5.41, 5.74) is 1.11.